The van der Waals surface area contributed by atoms with Crippen molar-refractivity contribution in [2.24, 2.45) is 0 Å². The average molecular weight is 469 g/mol. The average Bonchev–Trinajstić information content (AvgIpc) is 2.82. The van der Waals surface area contributed by atoms with Gasteiger partial charge in [-0.3, -0.25) is 4.79 Å². The Labute approximate surface area is 201 Å². The number of methoxy groups -OCH3 is 1. The van der Waals surface area contributed by atoms with Crippen molar-refractivity contribution in [3.63, 3.8) is 0 Å². The molecule has 0 unspecified atom stereocenters. The van der Waals surface area contributed by atoms with E-state index in [1.165, 1.54) is 25.3 Å². The van der Waals surface area contributed by atoms with Crippen LogP contribution in [0.1, 0.15) is 40.2 Å². The van der Waals surface area contributed by atoms with Crippen LogP contribution in [0.4, 0.5) is 15.8 Å². The number of esters is 1. The van der Waals surface area contributed by atoms with Crippen LogP contribution in [0.5, 0.6) is 5.75 Å². The lowest BCUT2D eigenvalue weighted by Crippen LogP contribution is -2.52. The highest BCUT2D eigenvalue weighted by atomic mass is 19.1. The number of benzene rings is 2. The van der Waals surface area contributed by atoms with Crippen molar-refractivity contribution in [3.8, 4) is 16.9 Å². The quantitative estimate of drug-likeness (QED) is 0.326. The van der Waals surface area contributed by atoms with Crippen LogP contribution in [-0.2, 0) is 20.9 Å². The van der Waals surface area contributed by atoms with Crippen molar-refractivity contribution in [2.75, 3.05) is 24.4 Å². The molecular weight excluding hydrogens is 435 g/mol. The third-order valence-corrected chi connectivity index (χ3v) is 5.40. The Bertz CT molecular complexity index is 1120. The van der Waals surface area contributed by atoms with Crippen LogP contribution in [0.15, 0.2) is 54.6 Å². The molecule has 1 aliphatic rings. The smallest absolute Gasteiger partial charge is 0.334 e. The summed E-state index contributed by atoms with van der Waals surface area (Å²) < 4.78 is 24.8. The molecule has 0 radical (unpaired) electrons. The van der Waals surface area contributed by atoms with Crippen LogP contribution < -0.4 is 15.0 Å². The molecule has 2 aromatic rings. The van der Waals surface area contributed by atoms with Crippen molar-refractivity contribution in [1.29, 1.82) is 0 Å². The molecule has 1 heterocycles. The zero-order valence-electron chi connectivity index (χ0n) is 20.9. The van der Waals surface area contributed by atoms with Gasteiger partial charge in [0.2, 0.25) is 0 Å². The number of allylic oxidation sites excluding steroid dienone is 2. The van der Waals surface area contributed by atoms with Gasteiger partial charge in [-0.1, -0.05) is 38.6 Å². The largest absolute Gasteiger partial charge is 0.496 e. The van der Waals surface area contributed by atoms with Crippen LogP contribution in [0.2, 0.25) is 0 Å². The molecule has 7 heteroatoms. The summed E-state index contributed by atoms with van der Waals surface area (Å²) in [5, 5.41) is 3.26. The van der Waals surface area contributed by atoms with E-state index in [4.69, 9.17) is 9.47 Å². The molecule has 1 aliphatic heterocycles. The number of carbonyl (C=O) groups excluding carboxylic acids is 2. The van der Waals surface area contributed by atoms with Gasteiger partial charge in [0.1, 0.15) is 23.7 Å². The van der Waals surface area contributed by atoms with E-state index in [-0.39, 0.29) is 12.5 Å². The molecule has 2 aromatic carbocycles. The minimum Gasteiger partial charge on any atom is -0.496 e. The SMILES string of the molecule is C=C/C=C(\C)C(=O)OCc1c(-c2ccc(F)cc2OC)ccc2c1N(C)C(=O)C(C)(C)N2.CC. The van der Waals surface area contributed by atoms with Crippen molar-refractivity contribution >= 4 is 23.3 Å². The van der Waals surface area contributed by atoms with Gasteiger partial charge in [-0.2, -0.15) is 0 Å². The predicted molar refractivity (Wildman–Crippen MR) is 135 cm³/mol. The molecule has 0 aromatic heterocycles. The topological polar surface area (TPSA) is 67.9 Å². The molecular formula is C27H33FN2O4. The third kappa shape index (κ3) is 5.30. The molecule has 182 valence electrons. The highest BCUT2D eigenvalue weighted by molar-refractivity contribution is 6.08. The molecule has 0 aliphatic carbocycles. The van der Waals surface area contributed by atoms with Crippen molar-refractivity contribution in [2.45, 2.75) is 46.8 Å². The molecule has 0 bridgehead atoms. The fourth-order valence-electron chi connectivity index (χ4n) is 3.81. The number of hydrogen-bond donors (Lipinski definition) is 1. The normalized spacial score (nSPS) is 14.3. The molecule has 0 saturated heterocycles. The molecule has 1 amide bonds. The first-order valence-electron chi connectivity index (χ1n) is 11.1. The number of likely N-dealkylation sites (N-methyl/N-ethyl adjacent to an activating group) is 1. The van der Waals surface area contributed by atoms with Crippen molar-refractivity contribution < 1.29 is 23.5 Å². The fraction of sp³-hybridized carbons (Fsp3) is 0.333. The number of anilines is 2. The van der Waals surface area contributed by atoms with E-state index >= 15 is 0 Å². The Morgan fingerprint density at radius 2 is 1.85 bits per heavy atom. The maximum Gasteiger partial charge on any atom is 0.334 e. The number of nitrogens with zero attached hydrogens (tertiary/aromatic N) is 1. The summed E-state index contributed by atoms with van der Waals surface area (Å²) in [5.74, 6) is -0.739. The predicted octanol–water partition coefficient (Wildman–Crippen LogP) is 5.87. The highest BCUT2D eigenvalue weighted by Gasteiger charge is 2.38. The first kappa shape index (κ1) is 26.6. The molecule has 0 atom stereocenters. The monoisotopic (exact) mass is 468 g/mol. The number of nitrogens with one attached hydrogen (secondary N) is 1. The minimum atomic E-state index is -0.798. The van der Waals surface area contributed by atoms with Gasteiger partial charge in [-0.25, -0.2) is 9.18 Å². The molecule has 0 saturated carbocycles. The molecule has 0 spiro atoms. The Balaban J connectivity index is 0.00000199. The number of carbonyl (C=O) groups is 2. The summed E-state index contributed by atoms with van der Waals surface area (Å²) in [6, 6.07) is 7.92. The Morgan fingerprint density at radius 3 is 2.47 bits per heavy atom. The zero-order valence-corrected chi connectivity index (χ0v) is 20.9. The Hall–Kier alpha value is -3.61. The van der Waals surface area contributed by atoms with Gasteiger partial charge in [0, 0.05) is 29.8 Å². The number of amides is 1. The standard InChI is InChI=1S/C25H27FN2O4.C2H6/c1-7-8-15(2)23(29)32-14-19-17(18-10-9-16(26)13-21(18)31-6)11-12-20-22(19)28(5)24(30)25(3,4)27-20;1-2/h7-13,27H,1,14H2,2-6H3;1-2H3/b15-8+;. The van der Waals surface area contributed by atoms with E-state index in [1.807, 2.05) is 26.0 Å². The third-order valence-electron chi connectivity index (χ3n) is 5.40. The number of hydrogen-bond acceptors (Lipinski definition) is 5. The number of ether oxygens (including phenoxy) is 2. The van der Waals surface area contributed by atoms with Crippen LogP contribution in [0.25, 0.3) is 11.1 Å². The van der Waals surface area contributed by atoms with Crippen LogP contribution in [0.3, 0.4) is 0 Å². The van der Waals surface area contributed by atoms with E-state index in [2.05, 4.69) is 11.9 Å². The van der Waals surface area contributed by atoms with Gasteiger partial charge in [0.05, 0.1) is 18.5 Å². The molecule has 1 N–H and O–H groups in total. The second kappa shape index (κ2) is 11.0. The second-order valence-corrected chi connectivity index (χ2v) is 8.11. The maximum absolute atomic E-state index is 13.8. The summed E-state index contributed by atoms with van der Waals surface area (Å²) in [6.45, 7) is 12.7. The molecule has 3 rings (SSSR count). The van der Waals surface area contributed by atoms with Gasteiger partial charge < -0.3 is 19.7 Å². The second-order valence-electron chi connectivity index (χ2n) is 8.11. The summed E-state index contributed by atoms with van der Waals surface area (Å²) >= 11 is 0. The molecule has 6 nitrogen and oxygen atoms in total. The first-order chi connectivity index (χ1) is 16.1. The van der Waals surface area contributed by atoms with Gasteiger partial charge >= 0.3 is 5.97 Å². The van der Waals surface area contributed by atoms with Crippen molar-refractivity contribution in [1.82, 2.24) is 0 Å². The first-order valence-corrected chi connectivity index (χ1v) is 11.1. The number of fused-ring (bicyclic) bond motifs is 1. The Kier molecular flexibility index (Phi) is 8.62. The number of halogens is 1. The lowest BCUT2D eigenvalue weighted by molar-refractivity contribution is -0.140. The zero-order chi connectivity index (χ0) is 25.6. The van der Waals surface area contributed by atoms with Gasteiger partial charge in [0.25, 0.3) is 5.91 Å². The Morgan fingerprint density at radius 1 is 1.21 bits per heavy atom. The van der Waals surface area contributed by atoms with E-state index in [0.717, 1.165) is 5.69 Å². The van der Waals surface area contributed by atoms with Gasteiger partial charge in [-0.15, -0.1) is 0 Å². The van der Waals surface area contributed by atoms with Crippen LogP contribution in [0, 0.1) is 5.82 Å². The maximum atomic E-state index is 13.8. The summed E-state index contributed by atoms with van der Waals surface area (Å²) in [6.07, 6.45) is 3.07. The van der Waals surface area contributed by atoms with Crippen LogP contribution >= 0.6 is 0 Å². The van der Waals surface area contributed by atoms with E-state index < -0.39 is 17.3 Å². The summed E-state index contributed by atoms with van der Waals surface area (Å²) in [5.41, 5.74) is 2.81. The van der Waals surface area contributed by atoms with Crippen molar-refractivity contribution in [3.05, 3.63) is 66.0 Å². The van der Waals surface area contributed by atoms with E-state index in [0.29, 0.717) is 33.7 Å². The van der Waals surface area contributed by atoms with Gasteiger partial charge in [0.15, 0.2) is 0 Å². The summed E-state index contributed by atoms with van der Waals surface area (Å²) in [7, 11) is 3.14. The van der Waals surface area contributed by atoms with Gasteiger partial charge in [-0.05, 0) is 44.5 Å². The minimum absolute atomic E-state index is 0.0973. The fourth-order valence-corrected chi connectivity index (χ4v) is 3.81. The number of rotatable bonds is 6. The van der Waals surface area contributed by atoms with Crippen LogP contribution in [-0.4, -0.2) is 31.6 Å². The highest BCUT2D eigenvalue weighted by Crippen LogP contribution is 2.44. The lowest BCUT2D eigenvalue weighted by atomic mass is 9.92. The van der Waals surface area contributed by atoms with E-state index in [1.54, 1.807) is 44.9 Å². The lowest BCUT2D eigenvalue weighted by Gasteiger charge is -2.39. The molecule has 34 heavy (non-hydrogen) atoms. The van der Waals surface area contributed by atoms with E-state index in [9.17, 15) is 14.0 Å². The summed E-state index contributed by atoms with van der Waals surface area (Å²) in [4.78, 5) is 27.0. The molecule has 0 fully saturated rings.